The molecule has 7 atom stereocenters. The van der Waals surface area contributed by atoms with Crippen molar-refractivity contribution in [3.63, 3.8) is 0 Å². The van der Waals surface area contributed by atoms with Crippen molar-refractivity contribution in [3.05, 3.63) is 12.7 Å². The number of nitrogens with one attached hydrogen (secondary N) is 5. The number of fused-ring (bicyclic) bond motifs is 2. The number of nitrogens with zero attached hydrogens (tertiary/aromatic N) is 4. The number of hydrogen-bond donors (Lipinski definition) is 8. The van der Waals surface area contributed by atoms with Gasteiger partial charge in [-0.1, -0.05) is 19.3 Å². The van der Waals surface area contributed by atoms with Crippen molar-refractivity contribution in [3.8, 4) is 0 Å². The quantitative estimate of drug-likeness (QED) is 0.0677. The molecule has 5 rings (SSSR count). The summed E-state index contributed by atoms with van der Waals surface area (Å²) < 4.78 is 7.33. The van der Waals surface area contributed by atoms with Gasteiger partial charge in [0.25, 0.3) is 0 Å². The van der Waals surface area contributed by atoms with Gasteiger partial charge in [-0.25, -0.2) is 19.7 Å². The van der Waals surface area contributed by atoms with E-state index < -0.39 is 24.5 Å². The zero-order valence-corrected chi connectivity index (χ0v) is 29.0. The number of carbonyl (C=O) groups is 4. The van der Waals surface area contributed by atoms with Crippen molar-refractivity contribution < 1.29 is 34.1 Å². The Bertz CT molecular complexity index is 1460. The first-order valence-electron chi connectivity index (χ1n) is 17.6. The largest absolute Gasteiger partial charge is 0.387 e. The molecule has 3 aliphatic heterocycles. The van der Waals surface area contributed by atoms with Gasteiger partial charge in [0, 0.05) is 49.9 Å². The van der Waals surface area contributed by atoms with Gasteiger partial charge in [0.1, 0.15) is 30.2 Å². The summed E-state index contributed by atoms with van der Waals surface area (Å²) in [7, 11) is 0. The number of aliphatic hydroxyl groups excluding tert-OH is 2. The molecule has 2 aromatic heterocycles. The number of nitrogen functional groups attached to an aromatic ring is 1. The maximum atomic E-state index is 12.4. The van der Waals surface area contributed by atoms with E-state index >= 15 is 0 Å². The monoisotopic (exact) mass is 718 g/mol. The van der Waals surface area contributed by atoms with E-state index in [1.807, 2.05) is 11.8 Å². The first-order valence-corrected chi connectivity index (χ1v) is 18.7. The number of imidazole rings is 1. The SMILES string of the molecule is Nc1ncnc2c1ncn2[C@@H]1O[C@H](CNC(=O)CCCCCNC(=O)CCCCCNC(=O)CCCC[C@@H]2SC[C@@H]3NC(=O)N[C@@H]32)[C@@H](O)[C@H]1O. The van der Waals surface area contributed by atoms with Crippen LogP contribution in [0.3, 0.4) is 0 Å². The fourth-order valence-electron chi connectivity index (χ4n) is 6.57. The summed E-state index contributed by atoms with van der Waals surface area (Å²) in [5, 5.41) is 36.1. The molecule has 0 saturated carbocycles. The van der Waals surface area contributed by atoms with Crippen LogP contribution >= 0.6 is 11.8 Å². The van der Waals surface area contributed by atoms with Crippen LogP contribution in [0.2, 0.25) is 0 Å². The molecule has 0 aliphatic carbocycles. The summed E-state index contributed by atoms with van der Waals surface area (Å²) in [4.78, 5) is 60.3. The van der Waals surface area contributed by atoms with Crippen molar-refractivity contribution in [2.24, 2.45) is 0 Å². The van der Waals surface area contributed by atoms with Crippen molar-refractivity contribution >= 4 is 52.5 Å². The van der Waals surface area contributed by atoms with E-state index in [0.717, 1.165) is 57.1 Å². The number of hydrogen-bond acceptors (Lipinski definition) is 12. The molecule has 5 heterocycles. The number of ether oxygens (including phenoxy) is 1. The van der Waals surface area contributed by atoms with Crippen LogP contribution in [0.15, 0.2) is 12.7 Å². The van der Waals surface area contributed by atoms with Crippen molar-refractivity contribution in [2.45, 2.75) is 119 Å². The fourth-order valence-corrected chi connectivity index (χ4v) is 8.11. The van der Waals surface area contributed by atoms with Gasteiger partial charge in [0.05, 0.1) is 18.4 Å². The summed E-state index contributed by atoms with van der Waals surface area (Å²) >= 11 is 1.89. The number of aromatic nitrogens is 4. The number of unbranched alkanes of at least 4 members (excludes halogenated alkanes) is 5. The van der Waals surface area contributed by atoms with Crippen LogP contribution in [0, 0.1) is 0 Å². The highest BCUT2D eigenvalue weighted by Gasteiger charge is 2.44. The molecule has 0 bridgehead atoms. The van der Waals surface area contributed by atoms with Gasteiger partial charge >= 0.3 is 6.03 Å². The number of amides is 5. The lowest BCUT2D eigenvalue weighted by atomic mass is 10.0. The molecule has 3 fully saturated rings. The van der Waals surface area contributed by atoms with Crippen LogP contribution in [0.5, 0.6) is 0 Å². The van der Waals surface area contributed by atoms with E-state index in [4.69, 9.17) is 10.5 Å². The number of thioether (sulfide) groups is 1. The third-order valence-electron chi connectivity index (χ3n) is 9.39. The summed E-state index contributed by atoms with van der Waals surface area (Å²) in [6.07, 6.45) is 7.09. The normalized spacial score (nSPS) is 25.6. The number of rotatable bonds is 20. The summed E-state index contributed by atoms with van der Waals surface area (Å²) in [6, 6.07) is 0.366. The molecule has 50 heavy (non-hydrogen) atoms. The third-order valence-corrected chi connectivity index (χ3v) is 10.9. The average molecular weight is 719 g/mol. The number of aliphatic hydroxyl groups is 2. The first-order chi connectivity index (χ1) is 24.2. The van der Waals surface area contributed by atoms with E-state index in [0.29, 0.717) is 55.2 Å². The average Bonchev–Trinajstić information content (AvgIpc) is 3.86. The number of urea groups is 1. The van der Waals surface area contributed by atoms with Crippen LogP contribution in [0.1, 0.15) is 83.3 Å². The summed E-state index contributed by atoms with van der Waals surface area (Å²) in [5.74, 6) is 1.01. The van der Waals surface area contributed by atoms with Gasteiger partial charge in [0.2, 0.25) is 17.7 Å². The zero-order chi connectivity index (χ0) is 35.5. The van der Waals surface area contributed by atoms with Crippen molar-refractivity contribution in [1.29, 1.82) is 0 Å². The van der Waals surface area contributed by atoms with Gasteiger partial charge in [-0.05, 0) is 38.5 Å². The molecule has 276 valence electrons. The Morgan fingerprint density at radius 2 is 1.54 bits per heavy atom. The van der Waals surface area contributed by atoms with Crippen LogP contribution in [0.4, 0.5) is 10.6 Å². The molecule has 3 saturated heterocycles. The molecule has 0 aromatic carbocycles. The Kier molecular flexibility index (Phi) is 13.9. The van der Waals surface area contributed by atoms with E-state index in [-0.39, 0.29) is 48.2 Å². The molecule has 0 spiro atoms. The molecule has 3 aliphatic rings. The van der Waals surface area contributed by atoms with Gasteiger partial charge in [0.15, 0.2) is 17.7 Å². The van der Waals surface area contributed by atoms with Crippen LogP contribution in [-0.4, -0.2) is 115 Å². The Hall–Kier alpha value is -3.74. The second-order valence-corrected chi connectivity index (χ2v) is 14.4. The molecular weight excluding hydrogens is 668 g/mol. The van der Waals surface area contributed by atoms with Crippen molar-refractivity contribution in [2.75, 3.05) is 31.1 Å². The zero-order valence-electron chi connectivity index (χ0n) is 28.2. The lowest BCUT2D eigenvalue weighted by Gasteiger charge is -2.16. The number of nitrogens with two attached hydrogens (primary N) is 1. The fraction of sp³-hybridized carbons (Fsp3) is 0.719. The summed E-state index contributed by atoms with van der Waals surface area (Å²) in [5.41, 5.74) is 6.55. The second-order valence-electron chi connectivity index (χ2n) is 13.1. The minimum atomic E-state index is -1.26. The van der Waals surface area contributed by atoms with Gasteiger partial charge in [-0.3, -0.25) is 19.0 Å². The van der Waals surface area contributed by atoms with E-state index in [9.17, 15) is 29.4 Å². The topological polar surface area (TPSA) is 248 Å². The molecule has 2 aromatic rings. The van der Waals surface area contributed by atoms with Gasteiger partial charge in [-0.2, -0.15) is 11.8 Å². The smallest absolute Gasteiger partial charge is 0.315 e. The molecule has 0 radical (unpaired) electrons. The third kappa shape index (κ3) is 10.2. The van der Waals surface area contributed by atoms with Gasteiger partial charge < -0.3 is 47.3 Å². The Morgan fingerprint density at radius 1 is 0.880 bits per heavy atom. The minimum absolute atomic E-state index is 0.00157. The van der Waals surface area contributed by atoms with Crippen LogP contribution in [-0.2, 0) is 19.1 Å². The molecule has 5 amide bonds. The molecule has 18 heteroatoms. The highest BCUT2D eigenvalue weighted by atomic mass is 32.2. The highest BCUT2D eigenvalue weighted by molar-refractivity contribution is 8.00. The lowest BCUT2D eigenvalue weighted by molar-refractivity contribution is -0.123. The first kappa shape index (κ1) is 37.5. The Labute approximate surface area is 295 Å². The van der Waals surface area contributed by atoms with Crippen LogP contribution in [0.25, 0.3) is 11.2 Å². The van der Waals surface area contributed by atoms with E-state index in [1.54, 1.807) is 0 Å². The highest BCUT2D eigenvalue weighted by Crippen LogP contribution is 2.33. The lowest BCUT2D eigenvalue weighted by Crippen LogP contribution is -2.39. The molecule has 9 N–H and O–H groups in total. The van der Waals surface area contributed by atoms with Crippen LogP contribution < -0.4 is 32.3 Å². The molecular formula is C32H50N10O7S. The summed E-state index contributed by atoms with van der Waals surface area (Å²) in [6.45, 7) is 1.19. The Morgan fingerprint density at radius 3 is 2.24 bits per heavy atom. The maximum absolute atomic E-state index is 12.4. The minimum Gasteiger partial charge on any atom is -0.387 e. The molecule has 17 nitrogen and oxygen atoms in total. The number of anilines is 1. The predicted molar refractivity (Wildman–Crippen MR) is 186 cm³/mol. The van der Waals surface area contributed by atoms with Crippen molar-refractivity contribution in [1.82, 2.24) is 46.1 Å². The predicted octanol–water partition coefficient (Wildman–Crippen LogP) is 0.223. The number of carbonyl (C=O) groups excluding carboxylic acids is 4. The maximum Gasteiger partial charge on any atom is 0.315 e. The van der Waals surface area contributed by atoms with E-state index in [2.05, 4.69) is 41.5 Å². The van der Waals surface area contributed by atoms with E-state index in [1.165, 1.54) is 17.2 Å². The van der Waals surface area contributed by atoms with Gasteiger partial charge in [-0.15, -0.1) is 0 Å². The second kappa shape index (κ2) is 18.5. The molecule has 0 unspecified atom stereocenters. The standard InChI is InChI=1S/C32H50N10O7S/c33-29-26-30(38-17-37-29)42(18-39-26)31-28(47)27(46)20(49-31)15-36-24(45)11-4-2-8-13-34-22(43)10-3-1-7-14-35-23(44)12-6-5-9-21-25-19(16-50-21)40-32(48)41-25/h17-21,25,27-28,31,46-47H,1-16H2,(H,34,43)(H,35,44)(H,36,45)(H2,33,37,38)(H2,40,41,48)/t19-,20+,21-,25-,27+,28+,31+/m0/s1. The Balaban J connectivity index is 0.817.